The molecule has 0 bridgehead atoms. The summed E-state index contributed by atoms with van der Waals surface area (Å²) < 4.78 is 0. The van der Waals surface area contributed by atoms with E-state index in [9.17, 15) is 4.79 Å². The van der Waals surface area contributed by atoms with Gasteiger partial charge >= 0.3 is 6.09 Å². The monoisotopic (exact) mass is 220 g/mol. The van der Waals surface area contributed by atoms with E-state index in [1.807, 2.05) is 6.07 Å². The third kappa shape index (κ3) is 1.22. The van der Waals surface area contributed by atoms with Gasteiger partial charge < -0.3 is 10.0 Å². The van der Waals surface area contributed by atoms with Crippen molar-refractivity contribution in [3.05, 3.63) is 12.3 Å². The lowest BCUT2D eigenvalue weighted by atomic mass is 10.1. The average Bonchev–Trinajstić information content (AvgIpc) is 2.75. The minimum Gasteiger partial charge on any atom is -0.465 e. The summed E-state index contributed by atoms with van der Waals surface area (Å²) in [6, 6.07) is 2.14. The Balaban J connectivity index is 2.09. The van der Waals surface area contributed by atoms with E-state index in [4.69, 9.17) is 5.11 Å². The Morgan fingerprint density at radius 1 is 1.56 bits per heavy atom. The van der Waals surface area contributed by atoms with Crippen LogP contribution < -0.4 is 9.80 Å². The molecule has 3 rings (SSSR count). The number of hydrogen-bond donors (Lipinski definition) is 1. The van der Waals surface area contributed by atoms with Crippen molar-refractivity contribution in [2.75, 3.05) is 22.9 Å². The second kappa shape index (κ2) is 3.33. The fourth-order valence-electron chi connectivity index (χ4n) is 2.54. The Morgan fingerprint density at radius 3 is 3.25 bits per heavy atom. The van der Waals surface area contributed by atoms with E-state index in [0.29, 0.717) is 18.4 Å². The quantitative estimate of drug-likeness (QED) is 0.704. The van der Waals surface area contributed by atoms with Crippen molar-refractivity contribution in [2.45, 2.75) is 18.9 Å². The highest BCUT2D eigenvalue weighted by Gasteiger charge is 2.37. The lowest BCUT2D eigenvalue weighted by Gasteiger charge is -2.37. The molecule has 1 N–H and O–H groups in total. The first-order chi connectivity index (χ1) is 7.77. The Labute approximate surface area is 92.5 Å². The molecule has 0 radical (unpaired) electrons. The van der Waals surface area contributed by atoms with E-state index in [0.717, 1.165) is 25.1 Å². The highest BCUT2D eigenvalue weighted by Crippen LogP contribution is 2.37. The fraction of sp³-hybridized carbons (Fsp3) is 0.500. The van der Waals surface area contributed by atoms with Gasteiger partial charge in [-0.1, -0.05) is 0 Å². The molecule has 1 aromatic rings. The van der Waals surface area contributed by atoms with Crippen molar-refractivity contribution in [3.8, 4) is 0 Å². The number of nitrogens with zero attached hydrogens (tertiary/aromatic N) is 4. The molecule has 0 saturated carbocycles. The van der Waals surface area contributed by atoms with Crippen molar-refractivity contribution < 1.29 is 9.90 Å². The Kier molecular flexibility index (Phi) is 1.95. The summed E-state index contributed by atoms with van der Waals surface area (Å²) in [4.78, 5) is 14.7. The number of fused-ring (bicyclic) bond motifs is 3. The van der Waals surface area contributed by atoms with Crippen LogP contribution in [0.25, 0.3) is 0 Å². The van der Waals surface area contributed by atoms with Crippen LogP contribution in [0, 0.1) is 0 Å². The van der Waals surface area contributed by atoms with Gasteiger partial charge in [0.15, 0.2) is 5.82 Å². The van der Waals surface area contributed by atoms with Gasteiger partial charge in [0.25, 0.3) is 0 Å². The first kappa shape index (κ1) is 9.38. The minimum absolute atomic E-state index is 0.299. The van der Waals surface area contributed by atoms with Crippen molar-refractivity contribution >= 4 is 17.6 Å². The number of aromatic nitrogens is 2. The Hall–Kier alpha value is -1.85. The standard InChI is InChI=1S/C10H12N4O2/c15-10(16)14-6-7-2-1-5-13(7)8-3-4-11-12-9(8)14/h3-4,7H,1-2,5-6H2,(H,15,16). The molecule has 1 atom stereocenters. The summed E-state index contributed by atoms with van der Waals surface area (Å²) in [7, 11) is 0. The van der Waals surface area contributed by atoms with Gasteiger partial charge in [-0.2, -0.15) is 5.10 Å². The van der Waals surface area contributed by atoms with Crippen LogP contribution in [0.4, 0.5) is 16.3 Å². The largest absolute Gasteiger partial charge is 0.465 e. The van der Waals surface area contributed by atoms with Crippen LogP contribution in [0.5, 0.6) is 0 Å². The van der Waals surface area contributed by atoms with Crippen molar-refractivity contribution in [1.29, 1.82) is 0 Å². The molecule has 1 unspecified atom stereocenters. The first-order valence-corrected chi connectivity index (χ1v) is 5.36. The maximum atomic E-state index is 11.1. The molecule has 0 aliphatic carbocycles. The van der Waals surface area contributed by atoms with Gasteiger partial charge in [-0.05, 0) is 18.9 Å². The molecule has 1 aromatic heterocycles. The number of carbonyl (C=O) groups is 1. The Bertz CT molecular complexity index is 437. The zero-order chi connectivity index (χ0) is 11.1. The maximum Gasteiger partial charge on any atom is 0.413 e. The van der Waals surface area contributed by atoms with Gasteiger partial charge in [-0.25, -0.2) is 4.79 Å². The van der Waals surface area contributed by atoms with Gasteiger partial charge in [0, 0.05) is 12.6 Å². The average molecular weight is 220 g/mol. The van der Waals surface area contributed by atoms with Gasteiger partial charge in [-0.15, -0.1) is 5.10 Å². The second-order valence-electron chi connectivity index (χ2n) is 4.12. The van der Waals surface area contributed by atoms with E-state index < -0.39 is 6.09 Å². The van der Waals surface area contributed by atoms with Crippen LogP contribution in [0.2, 0.25) is 0 Å². The maximum absolute atomic E-state index is 11.1. The van der Waals surface area contributed by atoms with E-state index in [-0.39, 0.29) is 0 Å². The molecule has 3 heterocycles. The van der Waals surface area contributed by atoms with Crippen LogP contribution in [0.1, 0.15) is 12.8 Å². The lowest BCUT2D eigenvalue weighted by molar-refractivity contribution is 0.200. The SMILES string of the molecule is O=C(O)N1CC2CCCN2c2ccnnc21. The Morgan fingerprint density at radius 2 is 2.44 bits per heavy atom. The number of anilines is 2. The highest BCUT2D eigenvalue weighted by molar-refractivity contribution is 5.90. The number of carboxylic acid groups (broad SMARTS) is 1. The molecule has 0 spiro atoms. The molecule has 0 aromatic carbocycles. The summed E-state index contributed by atoms with van der Waals surface area (Å²) in [5, 5.41) is 16.8. The van der Waals surface area contributed by atoms with Gasteiger partial charge in [0.2, 0.25) is 0 Å². The molecule has 1 amide bonds. The molecule has 2 aliphatic rings. The predicted octanol–water partition coefficient (Wildman–Crippen LogP) is 0.943. The molecule has 16 heavy (non-hydrogen) atoms. The van der Waals surface area contributed by atoms with Gasteiger partial charge in [-0.3, -0.25) is 4.90 Å². The van der Waals surface area contributed by atoms with E-state index in [2.05, 4.69) is 15.1 Å². The van der Waals surface area contributed by atoms with Crippen LogP contribution in [-0.2, 0) is 0 Å². The highest BCUT2D eigenvalue weighted by atomic mass is 16.4. The van der Waals surface area contributed by atoms with Gasteiger partial charge in [0.05, 0.1) is 18.4 Å². The van der Waals surface area contributed by atoms with Crippen LogP contribution in [0.15, 0.2) is 12.3 Å². The molecular weight excluding hydrogens is 208 g/mol. The summed E-state index contributed by atoms with van der Waals surface area (Å²) in [6.45, 7) is 1.48. The predicted molar refractivity (Wildman–Crippen MR) is 57.8 cm³/mol. The van der Waals surface area contributed by atoms with Crippen LogP contribution in [-0.4, -0.2) is 40.5 Å². The zero-order valence-corrected chi connectivity index (χ0v) is 8.70. The molecule has 1 saturated heterocycles. The molecule has 6 heteroatoms. The third-order valence-electron chi connectivity index (χ3n) is 3.25. The summed E-state index contributed by atoms with van der Waals surface area (Å²) >= 11 is 0. The van der Waals surface area contributed by atoms with Gasteiger partial charge in [0.1, 0.15) is 0 Å². The van der Waals surface area contributed by atoms with E-state index >= 15 is 0 Å². The minimum atomic E-state index is -0.951. The molecule has 2 aliphatic heterocycles. The lowest BCUT2D eigenvalue weighted by Crippen LogP contribution is -2.48. The third-order valence-corrected chi connectivity index (χ3v) is 3.25. The van der Waals surface area contributed by atoms with E-state index in [1.54, 1.807) is 6.20 Å². The molecule has 84 valence electrons. The molecule has 1 fully saturated rings. The number of amides is 1. The summed E-state index contributed by atoms with van der Waals surface area (Å²) in [5.74, 6) is 0.466. The molecular formula is C10H12N4O2. The van der Waals surface area contributed by atoms with Crippen molar-refractivity contribution in [2.24, 2.45) is 0 Å². The molecule has 6 nitrogen and oxygen atoms in total. The van der Waals surface area contributed by atoms with Crippen molar-refractivity contribution in [1.82, 2.24) is 10.2 Å². The first-order valence-electron chi connectivity index (χ1n) is 5.36. The fourth-order valence-corrected chi connectivity index (χ4v) is 2.54. The normalized spacial score (nSPS) is 22.9. The number of rotatable bonds is 0. The van der Waals surface area contributed by atoms with Crippen LogP contribution >= 0.6 is 0 Å². The van der Waals surface area contributed by atoms with Crippen LogP contribution in [0.3, 0.4) is 0 Å². The second-order valence-corrected chi connectivity index (χ2v) is 4.12. The zero-order valence-electron chi connectivity index (χ0n) is 8.70. The smallest absolute Gasteiger partial charge is 0.413 e. The summed E-state index contributed by atoms with van der Waals surface area (Å²) in [5.41, 5.74) is 0.895. The van der Waals surface area contributed by atoms with Crippen molar-refractivity contribution in [3.63, 3.8) is 0 Å². The topological polar surface area (TPSA) is 69.6 Å². The van der Waals surface area contributed by atoms with E-state index in [1.165, 1.54) is 4.90 Å². The number of hydrogen-bond acceptors (Lipinski definition) is 4. The summed E-state index contributed by atoms with van der Waals surface area (Å²) in [6.07, 6.45) is 2.82.